The first-order valence-corrected chi connectivity index (χ1v) is 5.00. The molecule has 0 aromatic carbocycles. The van der Waals surface area contributed by atoms with Crippen molar-refractivity contribution >= 4 is 11.7 Å². The summed E-state index contributed by atoms with van der Waals surface area (Å²) in [6.45, 7) is 1.92. The molecule has 3 heteroatoms. The lowest BCUT2D eigenvalue weighted by Gasteiger charge is -2.23. The van der Waals surface area contributed by atoms with E-state index in [1.54, 1.807) is 0 Å². The van der Waals surface area contributed by atoms with E-state index in [9.17, 15) is 4.79 Å². The van der Waals surface area contributed by atoms with Crippen LogP contribution in [0.5, 0.6) is 0 Å². The van der Waals surface area contributed by atoms with Crippen molar-refractivity contribution in [2.24, 2.45) is 5.92 Å². The second-order valence-corrected chi connectivity index (χ2v) is 3.78. The van der Waals surface area contributed by atoms with Crippen molar-refractivity contribution in [3.8, 4) is 0 Å². The van der Waals surface area contributed by atoms with Gasteiger partial charge in [-0.15, -0.1) is 0 Å². The highest BCUT2D eigenvalue weighted by Gasteiger charge is 2.25. The lowest BCUT2D eigenvalue weighted by atomic mass is 9.85. The number of aromatic nitrogens is 1. The standard InChI is InChI=1S/C11H14N2O/c1-8-4-2-7-10(12-8)13-11(14)9-5-3-6-9/h2,4,7,9H,3,5-6H2,1H3,(H,12,13,14). The normalized spacial score (nSPS) is 16.1. The molecular weight excluding hydrogens is 176 g/mol. The second-order valence-electron chi connectivity index (χ2n) is 3.78. The fourth-order valence-corrected chi connectivity index (χ4v) is 1.51. The van der Waals surface area contributed by atoms with Gasteiger partial charge in [-0.05, 0) is 31.9 Å². The monoisotopic (exact) mass is 190 g/mol. The molecule has 1 heterocycles. The number of hydrogen-bond acceptors (Lipinski definition) is 2. The minimum Gasteiger partial charge on any atom is -0.310 e. The molecule has 1 aromatic heterocycles. The van der Waals surface area contributed by atoms with Gasteiger partial charge in [-0.3, -0.25) is 4.79 Å². The van der Waals surface area contributed by atoms with Crippen LogP contribution in [0.15, 0.2) is 18.2 Å². The molecule has 0 radical (unpaired) electrons. The Hall–Kier alpha value is -1.38. The predicted molar refractivity (Wildman–Crippen MR) is 54.9 cm³/mol. The predicted octanol–water partition coefficient (Wildman–Crippen LogP) is 2.13. The number of carbonyl (C=O) groups is 1. The molecule has 0 bridgehead atoms. The van der Waals surface area contributed by atoms with E-state index in [0.717, 1.165) is 18.5 Å². The zero-order valence-electron chi connectivity index (χ0n) is 8.29. The molecule has 74 valence electrons. The zero-order valence-corrected chi connectivity index (χ0v) is 8.29. The van der Waals surface area contributed by atoms with Crippen molar-refractivity contribution in [1.29, 1.82) is 0 Å². The Kier molecular flexibility index (Phi) is 2.48. The van der Waals surface area contributed by atoms with Crippen LogP contribution in [0, 0.1) is 12.8 Å². The average Bonchev–Trinajstić information content (AvgIpc) is 1.99. The minimum absolute atomic E-state index is 0.120. The van der Waals surface area contributed by atoms with Crippen LogP contribution in [0.25, 0.3) is 0 Å². The van der Waals surface area contributed by atoms with Gasteiger partial charge in [-0.2, -0.15) is 0 Å². The Morgan fingerprint density at radius 1 is 1.50 bits per heavy atom. The summed E-state index contributed by atoms with van der Waals surface area (Å²) in [6.07, 6.45) is 3.23. The number of pyridine rings is 1. The fraction of sp³-hybridized carbons (Fsp3) is 0.455. The molecule has 0 atom stereocenters. The third-order valence-electron chi connectivity index (χ3n) is 2.62. The Morgan fingerprint density at radius 2 is 2.29 bits per heavy atom. The van der Waals surface area contributed by atoms with E-state index in [1.807, 2.05) is 25.1 Å². The van der Waals surface area contributed by atoms with Gasteiger partial charge in [0.05, 0.1) is 0 Å². The van der Waals surface area contributed by atoms with Crippen LogP contribution in [-0.4, -0.2) is 10.9 Å². The molecule has 1 aliphatic rings. The lowest BCUT2D eigenvalue weighted by Crippen LogP contribution is -2.28. The molecule has 0 saturated heterocycles. The van der Waals surface area contributed by atoms with Crippen LogP contribution in [-0.2, 0) is 4.79 Å². The van der Waals surface area contributed by atoms with Gasteiger partial charge in [0.2, 0.25) is 5.91 Å². The number of hydrogen-bond donors (Lipinski definition) is 1. The maximum absolute atomic E-state index is 11.6. The summed E-state index contributed by atoms with van der Waals surface area (Å²) in [4.78, 5) is 15.8. The van der Waals surface area contributed by atoms with Crippen LogP contribution in [0.4, 0.5) is 5.82 Å². The molecule has 1 fully saturated rings. The fourth-order valence-electron chi connectivity index (χ4n) is 1.51. The highest BCUT2D eigenvalue weighted by molar-refractivity contribution is 5.92. The molecule has 1 aromatic rings. The van der Waals surface area contributed by atoms with Crippen LogP contribution >= 0.6 is 0 Å². The molecule has 1 saturated carbocycles. The third-order valence-corrected chi connectivity index (χ3v) is 2.62. The van der Waals surface area contributed by atoms with Gasteiger partial charge < -0.3 is 5.32 Å². The number of nitrogens with one attached hydrogen (secondary N) is 1. The number of rotatable bonds is 2. The van der Waals surface area contributed by atoms with Gasteiger partial charge in [-0.1, -0.05) is 12.5 Å². The van der Waals surface area contributed by atoms with E-state index in [1.165, 1.54) is 6.42 Å². The van der Waals surface area contributed by atoms with Gasteiger partial charge in [0.1, 0.15) is 5.82 Å². The molecule has 3 nitrogen and oxygen atoms in total. The largest absolute Gasteiger partial charge is 0.310 e. The molecule has 2 rings (SSSR count). The highest BCUT2D eigenvalue weighted by Crippen LogP contribution is 2.27. The maximum Gasteiger partial charge on any atom is 0.228 e. The summed E-state index contributed by atoms with van der Waals surface area (Å²) < 4.78 is 0. The van der Waals surface area contributed by atoms with Crippen molar-refractivity contribution in [3.05, 3.63) is 23.9 Å². The summed E-state index contributed by atoms with van der Waals surface area (Å²) in [5, 5.41) is 2.83. The van der Waals surface area contributed by atoms with E-state index in [0.29, 0.717) is 5.82 Å². The van der Waals surface area contributed by atoms with E-state index in [2.05, 4.69) is 10.3 Å². The van der Waals surface area contributed by atoms with Crippen molar-refractivity contribution < 1.29 is 4.79 Å². The van der Waals surface area contributed by atoms with Crippen molar-refractivity contribution in [2.75, 3.05) is 5.32 Å². The van der Waals surface area contributed by atoms with E-state index < -0.39 is 0 Å². The number of amides is 1. The van der Waals surface area contributed by atoms with Gasteiger partial charge in [0, 0.05) is 11.6 Å². The van der Waals surface area contributed by atoms with Crippen LogP contribution in [0.1, 0.15) is 25.0 Å². The molecule has 0 unspecified atom stereocenters. The average molecular weight is 190 g/mol. The molecule has 0 spiro atoms. The molecule has 1 amide bonds. The van der Waals surface area contributed by atoms with Crippen LogP contribution < -0.4 is 5.32 Å². The van der Waals surface area contributed by atoms with Crippen molar-refractivity contribution in [1.82, 2.24) is 4.98 Å². The summed E-state index contributed by atoms with van der Waals surface area (Å²) in [6, 6.07) is 5.64. The topological polar surface area (TPSA) is 42.0 Å². The first-order valence-electron chi connectivity index (χ1n) is 5.00. The summed E-state index contributed by atoms with van der Waals surface area (Å²) >= 11 is 0. The van der Waals surface area contributed by atoms with Gasteiger partial charge >= 0.3 is 0 Å². The SMILES string of the molecule is Cc1cccc(NC(=O)C2CCC2)n1. The summed E-state index contributed by atoms with van der Waals surface area (Å²) in [5.74, 6) is 1.01. The molecule has 1 aliphatic carbocycles. The van der Waals surface area contributed by atoms with Crippen molar-refractivity contribution in [2.45, 2.75) is 26.2 Å². The Balaban J connectivity index is 1.99. The second kappa shape index (κ2) is 3.78. The van der Waals surface area contributed by atoms with Gasteiger partial charge in [0.15, 0.2) is 0 Å². The molecule has 0 aliphatic heterocycles. The number of nitrogens with zero attached hydrogens (tertiary/aromatic N) is 1. The lowest BCUT2D eigenvalue weighted by molar-refractivity contribution is -0.122. The maximum atomic E-state index is 11.6. The van der Waals surface area contributed by atoms with Gasteiger partial charge in [0.25, 0.3) is 0 Å². The molecule has 1 N–H and O–H groups in total. The van der Waals surface area contributed by atoms with E-state index in [-0.39, 0.29) is 11.8 Å². The Labute approximate surface area is 83.5 Å². The van der Waals surface area contributed by atoms with Crippen LogP contribution in [0.2, 0.25) is 0 Å². The molecular formula is C11H14N2O. The van der Waals surface area contributed by atoms with Gasteiger partial charge in [-0.25, -0.2) is 4.98 Å². The van der Waals surface area contributed by atoms with E-state index >= 15 is 0 Å². The number of aryl methyl sites for hydroxylation is 1. The first kappa shape index (κ1) is 9.19. The van der Waals surface area contributed by atoms with Crippen LogP contribution in [0.3, 0.4) is 0 Å². The highest BCUT2D eigenvalue weighted by atomic mass is 16.2. The third kappa shape index (κ3) is 1.92. The summed E-state index contributed by atoms with van der Waals surface area (Å²) in [7, 11) is 0. The Bertz CT molecular complexity index is 345. The summed E-state index contributed by atoms with van der Waals surface area (Å²) in [5.41, 5.74) is 0.927. The molecule has 14 heavy (non-hydrogen) atoms. The van der Waals surface area contributed by atoms with Crippen molar-refractivity contribution in [3.63, 3.8) is 0 Å². The first-order chi connectivity index (χ1) is 6.75. The quantitative estimate of drug-likeness (QED) is 0.776. The minimum atomic E-state index is 0.120. The Morgan fingerprint density at radius 3 is 2.86 bits per heavy atom. The zero-order chi connectivity index (χ0) is 9.97. The van der Waals surface area contributed by atoms with E-state index in [4.69, 9.17) is 0 Å². The smallest absolute Gasteiger partial charge is 0.228 e. The number of carbonyl (C=O) groups excluding carboxylic acids is 1. The number of anilines is 1.